The van der Waals surface area contributed by atoms with E-state index in [1.165, 1.54) is 11.6 Å². The number of nitrogens with two attached hydrogens (primary N) is 1. The van der Waals surface area contributed by atoms with Crippen LogP contribution in [0.15, 0.2) is 48.7 Å². The van der Waals surface area contributed by atoms with Crippen LogP contribution in [0, 0.1) is 11.7 Å². The molecule has 0 unspecified atom stereocenters. The van der Waals surface area contributed by atoms with Crippen LogP contribution in [-0.4, -0.2) is 33.7 Å². The van der Waals surface area contributed by atoms with Crippen LogP contribution in [0.4, 0.5) is 4.39 Å². The number of ether oxygens (including phenoxy) is 1. The molecule has 2 N–H and O–H groups in total. The van der Waals surface area contributed by atoms with E-state index in [0.29, 0.717) is 29.5 Å². The van der Waals surface area contributed by atoms with Gasteiger partial charge in [0.25, 0.3) is 0 Å². The van der Waals surface area contributed by atoms with Crippen LogP contribution in [0.3, 0.4) is 0 Å². The van der Waals surface area contributed by atoms with Crippen LogP contribution < -0.4 is 5.73 Å². The molecule has 2 aliphatic rings. The molecule has 204 valence electrons. The molecule has 7 heteroatoms. The van der Waals surface area contributed by atoms with E-state index in [0.717, 1.165) is 79.1 Å². The van der Waals surface area contributed by atoms with Gasteiger partial charge in [0.1, 0.15) is 11.6 Å². The Morgan fingerprint density at radius 3 is 2.46 bits per heavy atom. The van der Waals surface area contributed by atoms with Gasteiger partial charge < -0.3 is 15.0 Å². The molecule has 2 aromatic heterocycles. The van der Waals surface area contributed by atoms with E-state index in [9.17, 15) is 9.18 Å². The number of hydrogen-bond acceptors (Lipinski definition) is 4. The van der Waals surface area contributed by atoms with Gasteiger partial charge in [-0.25, -0.2) is 9.37 Å². The van der Waals surface area contributed by atoms with E-state index in [1.54, 1.807) is 25.3 Å². The molecule has 39 heavy (non-hydrogen) atoms. The van der Waals surface area contributed by atoms with Crippen LogP contribution >= 0.6 is 0 Å². The predicted molar refractivity (Wildman–Crippen MR) is 151 cm³/mol. The lowest BCUT2D eigenvalue weighted by atomic mass is 9.73. The Morgan fingerprint density at radius 1 is 1.00 bits per heavy atom. The Hall–Kier alpha value is -3.32. The fourth-order valence-electron chi connectivity index (χ4n) is 7.15. The number of imidazole rings is 1. The number of primary amides is 1. The third kappa shape index (κ3) is 4.93. The second-order valence-electron chi connectivity index (χ2n) is 11.5. The van der Waals surface area contributed by atoms with Crippen molar-refractivity contribution in [2.24, 2.45) is 11.7 Å². The number of aromatic nitrogens is 3. The summed E-state index contributed by atoms with van der Waals surface area (Å²) in [5, 5.41) is 0.938. The number of nitrogens with zero attached hydrogens (tertiary/aromatic N) is 3. The number of pyridine rings is 1. The van der Waals surface area contributed by atoms with Crippen molar-refractivity contribution in [1.29, 1.82) is 0 Å². The minimum Gasteiger partial charge on any atom is -0.381 e. The summed E-state index contributed by atoms with van der Waals surface area (Å²) in [4.78, 5) is 21.6. The van der Waals surface area contributed by atoms with E-state index < -0.39 is 5.91 Å². The number of rotatable bonds is 6. The quantitative estimate of drug-likeness (QED) is 0.291. The van der Waals surface area contributed by atoms with Gasteiger partial charge in [0.05, 0.1) is 22.7 Å². The van der Waals surface area contributed by atoms with Gasteiger partial charge in [-0.15, -0.1) is 0 Å². The average molecular weight is 529 g/mol. The molecule has 0 saturated heterocycles. The molecule has 0 radical (unpaired) electrons. The predicted octanol–water partition coefficient (Wildman–Crippen LogP) is 7.03. The van der Waals surface area contributed by atoms with Crippen molar-refractivity contribution in [2.75, 3.05) is 7.11 Å². The van der Waals surface area contributed by atoms with Crippen molar-refractivity contribution in [3.8, 4) is 0 Å². The Kier molecular flexibility index (Phi) is 7.10. The largest absolute Gasteiger partial charge is 0.381 e. The minimum atomic E-state index is -0.413. The van der Waals surface area contributed by atoms with Crippen molar-refractivity contribution < 1.29 is 13.9 Å². The molecule has 2 saturated carbocycles. The fourth-order valence-corrected chi connectivity index (χ4v) is 7.15. The number of fused-ring (bicyclic) bond motifs is 2. The SMILES string of the molecule is COC1CCC(n2c([C@H](C)C3CCC(c4ccnc5ccc(F)cc45)CC3)nc3ccc(C(N)=O)cc32)CC1. The van der Waals surface area contributed by atoms with Gasteiger partial charge in [-0.1, -0.05) is 6.92 Å². The van der Waals surface area contributed by atoms with Crippen molar-refractivity contribution in [3.63, 3.8) is 0 Å². The first-order valence-corrected chi connectivity index (χ1v) is 14.3. The summed E-state index contributed by atoms with van der Waals surface area (Å²) in [7, 11) is 1.80. The third-order valence-corrected chi connectivity index (χ3v) is 9.41. The van der Waals surface area contributed by atoms with E-state index in [4.69, 9.17) is 15.5 Å². The van der Waals surface area contributed by atoms with Crippen LogP contribution in [0.1, 0.15) is 97.9 Å². The molecule has 0 bridgehead atoms. The maximum Gasteiger partial charge on any atom is 0.248 e. The summed E-state index contributed by atoms with van der Waals surface area (Å²) in [6.45, 7) is 2.32. The van der Waals surface area contributed by atoms with Crippen LogP contribution in [-0.2, 0) is 4.74 Å². The normalized spacial score (nSPS) is 24.7. The van der Waals surface area contributed by atoms with Gasteiger partial charge in [-0.05, 0) is 111 Å². The highest BCUT2D eigenvalue weighted by Crippen LogP contribution is 2.45. The standard InChI is InChI=1S/C32H37FN4O2/c1-19(20-3-5-21(6-4-20)26-15-16-35-28-14-8-23(33)18-27(26)28)32-36-29-13-7-22(31(34)38)17-30(29)37(32)24-9-11-25(39-2)12-10-24/h7-8,13-21,24-25H,3-6,9-12H2,1-2H3,(H2,34,38)/t19-,20?,21?,24?,25?/m1/s1. The molecule has 0 aliphatic heterocycles. The third-order valence-electron chi connectivity index (χ3n) is 9.41. The molecule has 1 atom stereocenters. The highest BCUT2D eigenvalue weighted by molar-refractivity contribution is 5.96. The molecular formula is C32H37FN4O2. The van der Waals surface area contributed by atoms with Gasteiger partial charge in [0, 0.05) is 36.2 Å². The van der Waals surface area contributed by atoms with Gasteiger partial charge in [-0.2, -0.15) is 0 Å². The highest BCUT2D eigenvalue weighted by Gasteiger charge is 2.33. The van der Waals surface area contributed by atoms with Crippen LogP contribution in [0.25, 0.3) is 21.9 Å². The number of amides is 1. The summed E-state index contributed by atoms with van der Waals surface area (Å²) in [6.07, 6.45) is 10.6. The van der Waals surface area contributed by atoms with E-state index in [-0.39, 0.29) is 11.7 Å². The maximum absolute atomic E-state index is 14.1. The van der Waals surface area contributed by atoms with Gasteiger partial charge >= 0.3 is 0 Å². The lowest BCUT2D eigenvalue weighted by Gasteiger charge is -2.35. The van der Waals surface area contributed by atoms with E-state index in [1.807, 2.05) is 18.3 Å². The molecule has 4 aromatic rings. The Bertz CT molecular complexity index is 1500. The Balaban J connectivity index is 1.28. The van der Waals surface area contributed by atoms with Crippen molar-refractivity contribution in [2.45, 2.75) is 82.3 Å². The Morgan fingerprint density at radius 2 is 1.74 bits per heavy atom. The first-order chi connectivity index (χ1) is 18.9. The monoisotopic (exact) mass is 528 g/mol. The summed E-state index contributed by atoms with van der Waals surface area (Å²) < 4.78 is 22.1. The van der Waals surface area contributed by atoms with E-state index in [2.05, 4.69) is 22.5 Å². The minimum absolute atomic E-state index is 0.211. The molecular weight excluding hydrogens is 491 g/mol. The molecule has 6 rings (SSSR count). The molecule has 0 spiro atoms. The van der Waals surface area contributed by atoms with Crippen molar-refractivity contribution in [3.05, 3.63) is 71.4 Å². The summed E-state index contributed by atoms with van der Waals surface area (Å²) in [5.41, 5.74) is 10.2. The molecule has 2 aromatic carbocycles. The topological polar surface area (TPSA) is 83.0 Å². The molecule has 2 heterocycles. The summed E-state index contributed by atoms with van der Waals surface area (Å²) in [5.74, 6) is 1.69. The van der Waals surface area contributed by atoms with Crippen LogP contribution in [0.2, 0.25) is 0 Å². The summed E-state index contributed by atoms with van der Waals surface area (Å²) in [6, 6.07) is 12.9. The zero-order valence-corrected chi connectivity index (χ0v) is 22.8. The molecule has 6 nitrogen and oxygen atoms in total. The maximum atomic E-state index is 14.1. The first kappa shape index (κ1) is 25.9. The zero-order valence-electron chi connectivity index (χ0n) is 22.8. The van der Waals surface area contributed by atoms with Crippen molar-refractivity contribution >= 4 is 27.8 Å². The number of carbonyl (C=O) groups is 1. The number of hydrogen-bond donors (Lipinski definition) is 1. The molecule has 2 fully saturated rings. The number of benzene rings is 2. The van der Waals surface area contributed by atoms with Gasteiger partial charge in [0.2, 0.25) is 5.91 Å². The summed E-state index contributed by atoms with van der Waals surface area (Å²) >= 11 is 0. The average Bonchev–Trinajstić information content (AvgIpc) is 3.35. The van der Waals surface area contributed by atoms with Gasteiger partial charge in [0.15, 0.2) is 0 Å². The molecule has 1 amide bonds. The Labute approximate surface area is 228 Å². The zero-order chi connectivity index (χ0) is 27.1. The number of methoxy groups -OCH3 is 1. The lowest BCUT2D eigenvalue weighted by molar-refractivity contribution is 0.0583. The number of carbonyl (C=O) groups excluding carboxylic acids is 1. The van der Waals surface area contributed by atoms with Gasteiger partial charge in [-0.3, -0.25) is 9.78 Å². The first-order valence-electron chi connectivity index (χ1n) is 14.3. The van der Waals surface area contributed by atoms with E-state index >= 15 is 0 Å². The lowest BCUT2D eigenvalue weighted by Crippen LogP contribution is -2.26. The fraction of sp³-hybridized carbons (Fsp3) is 0.469. The second-order valence-corrected chi connectivity index (χ2v) is 11.5. The number of halogens is 1. The van der Waals surface area contributed by atoms with Crippen molar-refractivity contribution in [1.82, 2.24) is 14.5 Å². The highest BCUT2D eigenvalue weighted by atomic mass is 19.1. The molecule has 2 aliphatic carbocycles. The van der Waals surface area contributed by atoms with Crippen LogP contribution in [0.5, 0.6) is 0 Å². The second kappa shape index (κ2) is 10.7. The smallest absolute Gasteiger partial charge is 0.248 e.